The monoisotopic (exact) mass is 360 g/mol. The first kappa shape index (κ1) is 16.7. The standard InChI is InChI=1S/C20H16N4O3/c1-24-11-17(18(23-24)14-7-9-21-10-8-14)20(25)27-13-16-12-26-19(22-16)15-5-3-2-4-6-15/h2-12H,13H2,1H3. The number of aromatic nitrogens is 4. The molecule has 0 saturated carbocycles. The van der Waals surface area contributed by atoms with Gasteiger partial charge in [0.05, 0.1) is 0 Å². The van der Waals surface area contributed by atoms with Crippen molar-refractivity contribution in [2.24, 2.45) is 7.05 Å². The van der Waals surface area contributed by atoms with Gasteiger partial charge >= 0.3 is 5.97 Å². The molecular formula is C20H16N4O3. The molecule has 0 N–H and O–H groups in total. The molecule has 7 heteroatoms. The van der Waals surface area contributed by atoms with Crippen LogP contribution in [0.5, 0.6) is 0 Å². The molecule has 3 aromatic heterocycles. The number of benzene rings is 1. The first-order valence-corrected chi connectivity index (χ1v) is 8.31. The van der Waals surface area contributed by atoms with E-state index < -0.39 is 5.97 Å². The summed E-state index contributed by atoms with van der Waals surface area (Å²) in [6, 6.07) is 13.1. The molecule has 0 saturated heterocycles. The lowest BCUT2D eigenvalue weighted by atomic mass is 10.1. The highest BCUT2D eigenvalue weighted by atomic mass is 16.5. The molecule has 27 heavy (non-hydrogen) atoms. The minimum atomic E-state index is -0.473. The fourth-order valence-corrected chi connectivity index (χ4v) is 2.66. The predicted octanol–water partition coefficient (Wildman–Crippen LogP) is 3.49. The zero-order chi connectivity index (χ0) is 18.6. The van der Waals surface area contributed by atoms with Crippen molar-refractivity contribution in [3.8, 4) is 22.7 Å². The second-order valence-corrected chi connectivity index (χ2v) is 5.89. The maximum absolute atomic E-state index is 12.6. The Hall–Kier alpha value is -3.74. The number of hydrogen-bond donors (Lipinski definition) is 0. The lowest BCUT2D eigenvalue weighted by molar-refractivity contribution is 0.0468. The minimum absolute atomic E-state index is 0.0137. The van der Waals surface area contributed by atoms with Crippen molar-refractivity contribution in [1.82, 2.24) is 19.7 Å². The van der Waals surface area contributed by atoms with Crippen LogP contribution in [0.15, 0.2) is 71.7 Å². The molecule has 0 aliphatic carbocycles. The smallest absolute Gasteiger partial charge is 0.342 e. The van der Waals surface area contributed by atoms with E-state index in [1.807, 2.05) is 30.3 Å². The molecule has 134 valence electrons. The molecule has 0 unspecified atom stereocenters. The van der Waals surface area contributed by atoms with E-state index in [0.29, 0.717) is 22.8 Å². The van der Waals surface area contributed by atoms with Crippen molar-refractivity contribution in [1.29, 1.82) is 0 Å². The van der Waals surface area contributed by atoms with Crippen molar-refractivity contribution < 1.29 is 13.9 Å². The van der Waals surface area contributed by atoms with Gasteiger partial charge in [-0.05, 0) is 24.3 Å². The van der Waals surface area contributed by atoms with Crippen LogP contribution in [0.3, 0.4) is 0 Å². The van der Waals surface area contributed by atoms with Gasteiger partial charge in [0.1, 0.15) is 29.8 Å². The second kappa shape index (κ2) is 7.25. The summed E-state index contributed by atoms with van der Waals surface area (Å²) in [5.74, 6) is 0.0136. The summed E-state index contributed by atoms with van der Waals surface area (Å²) < 4.78 is 12.4. The maximum Gasteiger partial charge on any atom is 0.342 e. The molecule has 0 aliphatic rings. The Morgan fingerprint density at radius 2 is 1.89 bits per heavy atom. The molecule has 4 rings (SSSR count). The first-order valence-electron chi connectivity index (χ1n) is 8.31. The van der Waals surface area contributed by atoms with E-state index in [9.17, 15) is 4.79 Å². The number of nitrogens with zero attached hydrogens (tertiary/aromatic N) is 4. The molecule has 0 aliphatic heterocycles. The van der Waals surface area contributed by atoms with Crippen LogP contribution < -0.4 is 0 Å². The molecule has 4 aromatic rings. The molecule has 0 fully saturated rings. The molecule has 1 aromatic carbocycles. The van der Waals surface area contributed by atoms with E-state index in [-0.39, 0.29) is 6.61 Å². The number of rotatable bonds is 5. The fourth-order valence-electron chi connectivity index (χ4n) is 2.66. The first-order chi connectivity index (χ1) is 13.2. The van der Waals surface area contributed by atoms with Crippen molar-refractivity contribution in [2.75, 3.05) is 0 Å². The molecule has 7 nitrogen and oxygen atoms in total. The average molecular weight is 360 g/mol. The van der Waals surface area contributed by atoms with E-state index in [2.05, 4.69) is 15.1 Å². The van der Waals surface area contributed by atoms with E-state index in [1.54, 1.807) is 42.5 Å². The highest BCUT2D eigenvalue weighted by molar-refractivity contribution is 5.95. The fraction of sp³-hybridized carbons (Fsp3) is 0.100. The summed E-state index contributed by atoms with van der Waals surface area (Å²) in [7, 11) is 1.76. The van der Waals surface area contributed by atoms with Crippen LogP contribution in [-0.4, -0.2) is 25.7 Å². The largest absolute Gasteiger partial charge is 0.455 e. The lowest BCUT2D eigenvalue weighted by Crippen LogP contribution is -2.06. The second-order valence-electron chi connectivity index (χ2n) is 5.89. The highest BCUT2D eigenvalue weighted by Gasteiger charge is 2.19. The summed E-state index contributed by atoms with van der Waals surface area (Å²) in [5, 5.41) is 4.35. The zero-order valence-electron chi connectivity index (χ0n) is 14.6. The molecule has 0 spiro atoms. The summed E-state index contributed by atoms with van der Waals surface area (Å²) >= 11 is 0. The lowest BCUT2D eigenvalue weighted by Gasteiger charge is -2.03. The van der Waals surface area contributed by atoms with Crippen LogP contribution in [0.4, 0.5) is 0 Å². The van der Waals surface area contributed by atoms with Crippen molar-refractivity contribution in [3.05, 3.63) is 78.6 Å². The van der Waals surface area contributed by atoms with Crippen LogP contribution in [-0.2, 0) is 18.4 Å². The predicted molar refractivity (Wildman–Crippen MR) is 97.5 cm³/mol. The van der Waals surface area contributed by atoms with Gasteiger partial charge in [-0.1, -0.05) is 18.2 Å². The molecule has 0 bridgehead atoms. The number of aryl methyl sites for hydroxylation is 1. The van der Waals surface area contributed by atoms with Gasteiger partial charge in [-0.15, -0.1) is 0 Å². The SMILES string of the molecule is Cn1cc(C(=O)OCc2coc(-c3ccccc3)n2)c(-c2ccncc2)n1. The average Bonchev–Trinajstić information content (AvgIpc) is 3.34. The van der Waals surface area contributed by atoms with Crippen LogP contribution in [0.2, 0.25) is 0 Å². The third-order valence-electron chi connectivity index (χ3n) is 3.93. The molecule has 3 heterocycles. The third-order valence-corrected chi connectivity index (χ3v) is 3.93. The van der Waals surface area contributed by atoms with Gasteiger partial charge in [-0.25, -0.2) is 9.78 Å². The number of esters is 1. The molecule has 0 amide bonds. The Morgan fingerprint density at radius 3 is 2.67 bits per heavy atom. The van der Waals surface area contributed by atoms with E-state index >= 15 is 0 Å². The number of pyridine rings is 1. The summed E-state index contributed by atoms with van der Waals surface area (Å²) in [6.07, 6.45) is 6.43. The normalized spacial score (nSPS) is 10.7. The van der Waals surface area contributed by atoms with Gasteiger partial charge < -0.3 is 9.15 Å². The van der Waals surface area contributed by atoms with Gasteiger partial charge in [0.25, 0.3) is 0 Å². The number of carbonyl (C=O) groups is 1. The zero-order valence-corrected chi connectivity index (χ0v) is 14.6. The third kappa shape index (κ3) is 3.62. The van der Waals surface area contributed by atoms with Crippen molar-refractivity contribution in [3.63, 3.8) is 0 Å². The molecular weight excluding hydrogens is 344 g/mol. The Kier molecular flexibility index (Phi) is 4.49. The van der Waals surface area contributed by atoms with Crippen molar-refractivity contribution >= 4 is 5.97 Å². The van der Waals surface area contributed by atoms with Crippen molar-refractivity contribution in [2.45, 2.75) is 6.61 Å². The Bertz CT molecular complexity index is 1060. The number of oxazole rings is 1. The van der Waals surface area contributed by atoms with Gasteiger partial charge in [-0.3, -0.25) is 9.67 Å². The van der Waals surface area contributed by atoms with Crippen LogP contribution in [0, 0.1) is 0 Å². The number of carbonyl (C=O) groups excluding carboxylic acids is 1. The van der Waals surface area contributed by atoms with Crippen LogP contribution >= 0.6 is 0 Å². The Labute approximate surface area is 155 Å². The molecule has 0 radical (unpaired) electrons. The van der Waals surface area contributed by atoms with Gasteiger partial charge in [0, 0.05) is 36.8 Å². The van der Waals surface area contributed by atoms with Gasteiger partial charge in [0.2, 0.25) is 5.89 Å². The minimum Gasteiger partial charge on any atom is -0.455 e. The summed E-state index contributed by atoms with van der Waals surface area (Å²) in [6.45, 7) is 0.0137. The Morgan fingerprint density at radius 1 is 1.11 bits per heavy atom. The Balaban J connectivity index is 1.49. The van der Waals surface area contributed by atoms with Crippen LogP contribution in [0.25, 0.3) is 22.7 Å². The topological polar surface area (TPSA) is 83.0 Å². The van der Waals surface area contributed by atoms with Gasteiger partial charge in [0.15, 0.2) is 0 Å². The summed E-state index contributed by atoms with van der Waals surface area (Å²) in [4.78, 5) is 20.9. The van der Waals surface area contributed by atoms with E-state index in [1.165, 1.54) is 6.26 Å². The van der Waals surface area contributed by atoms with E-state index in [0.717, 1.165) is 11.1 Å². The van der Waals surface area contributed by atoms with E-state index in [4.69, 9.17) is 9.15 Å². The molecule has 0 atom stereocenters. The maximum atomic E-state index is 12.6. The quantitative estimate of drug-likeness (QED) is 0.507. The highest BCUT2D eigenvalue weighted by Crippen LogP contribution is 2.23. The van der Waals surface area contributed by atoms with Crippen LogP contribution in [0.1, 0.15) is 16.1 Å². The van der Waals surface area contributed by atoms with Gasteiger partial charge in [-0.2, -0.15) is 5.10 Å². The number of ether oxygens (including phenoxy) is 1. The summed E-state index contributed by atoms with van der Waals surface area (Å²) in [5.41, 5.74) is 3.13. The number of hydrogen-bond acceptors (Lipinski definition) is 6.